The summed E-state index contributed by atoms with van der Waals surface area (Å²) in [6.45, 7) is 2.05. The number of aryl methyl sites for hydroxylation is 1. The third-order valence-electron chi connectivity index (χ3n) is 4.07. The first-order valence-corrected chi connectivity index (χ1v) is 8.17. The predicted octanol–water partition coefficient (Wildman–Crippen LogP) is 4.33. The number of hydrogen-bond donors (Lipinski definition) is 0. The average molecular weight is 348 g/mol. The number of esters is 1. The fourth-order valence-corrected chi connectivity index (χ4v) is 2.69. The Morgan fingerprint density at radius 1 is 0.962 bits per heavy atom. The van der Waals surface area contributed by atoms with Crippen molar-refractivity contribution in [1.82, 2.24) is 4.57 Å². The minimum atomic E-state index is -0.357. The number of ether oxygens (including phenoxy) is 2. The standard InChI is InChI=1S/C21H20N2O3/c1-15-4-9-19(23(15)18-10-12-20(25-2)13-11-18)14-22-17-7-5-16(6-8-17)21(24)26-3/h4-14H,1-3H3. The molecule has 1 aromatic heterocycles. The number of carbonyl (C=O) groups excluding carboxylic acids is 1. The molecule has 0 N–H and O–H groups in total. The van der Waals surface area contributed by atoms with Gasteiger partial charge in [0, 0.05) is 11.4 Å². The number of aliphatic imine (C=N–C) groups is 1. The number of hydrogen-bond acceptors (Lipinski definition) is 4. The zero-order valence-electron chi connectivity index (χ0n) is 15.0. The van der Waals surface area contributed by atoms with Crippen molar-refractivity contribution in [2.75, 3.05) is 14.2 Å². The molecule has 2 aromatic carbocycles. The van der Waals surface area contributed by atoms with Gasteiger partial charge in [-0.2, -0.15) is 0 Å². The van der Waals surface area contributed by atoms with Crippen LogP contribution in [-0.2, 0) is 4.74 Å². The van der Waals surface area contributed by atoms with Gasteiger partial charge in [0.2, 0.25) is 0 Å². The summed E-state index contributed by atoms with van der Waals surface area (Å²) in [7, 11) is 3.02. The van der Waals surface area contributed by atoms with Gasteiger partial charge >= 0.3 is 5.97 Å². The molecule has 132 valence electrons. The second-order valence-electron chi connectivity index (χ2n) is 5.73. The molecular formula is C21H20N2O3. The van der Waals surface area contributed by atoms with Gasteiger partial charge in [0.15, 0.2) is 0 Å². The summed E-state index contributed by atoms with van der Waals surface area (Å²) in [6, 6.07) is 18.9. The summed E-state index contributed by atoms with van der Waals surface area (Å²) in [5.41, 5.74) is 4.37. The molecule has 0 amide bonds. The van der Waals surface area contributed by atoms with Crippen LogP contribution >= 0.6 is 0 Å². The molecule has 5 nitrogen and oxygen atoms in total. The monoisotopic (exact) mass is 348 g/mol. The van der Waals surface area contributed by atoms with Gasteiger partial charge < -0.3 is 14.0 Å². The van der Waals surface area contributed by atoms with Gasteiger partial charge in [0.1, 0.15) is 5.75 Å². The van der Waals surface area contributed by atoms with Crippen LogP contribution in [-0.4, -0.2) is 31.0 Å². The zero-order valence-corrected chi connectivity index (χ0v) is 15.0. The molecule has 3 aromatic rings. The van der Waals surface area contributed by atoms with Crippen LogP contribution in [0.4, 0.5) is 5.69 Å². The van der Waals surface area contributed by atoms with Crippen LogP contribution in [0.1, 0.15) is 21.7 Å². The summed E-state index contributed by atoms with van der Waals surface area (Å²) < 4.78 is 12.0. The minimum absolute atomic E-state index is 0.357. The van der Waals surface area contributed by atoms with Gasteiger partial charge in [-0.3, -0.25) is 4.99 Å². The largest absolute Gasteiger partial charge is 0.497 e. The molecule has 26 heavy (non-hydrogen) atoms. The molecule has 0 bridgehead atoms. The van der Waals surface area contributed by atoms with Gasteiger partial charge in [-0.1, -0.05) is 0 Å². The van der Waals surface area contributed by atoms with Gasteiger partial charge in [0.05, 0.1) is 37.4 Å². The Balaban J connectivity index is 1.86. The van der Waals surface area contributed by atoms with Crippen LogP contribution < -0.4 is 4.74 Å². The summed E-state index contributed by atoms with van der Waals surface area (Å²) in [6.07, 6.45) is 1.81. The topological polar surface area (TPSA) is 52.8 Å². The lowest BCUT2D eigenvalue weighted by Gasteiger charge is -2.10. The van der Waals surface area contributed by atoms with E-state index in [1.54, 1.807) is 31.4 Å². The van der Waals surface area contributed by atoms with Crippen molar-refractivity contribution in [3.05, 3.63) is 77.6 Å². The maximum absolute atomic E-state index is 11.5. The molecule has 0 unspecified atom stereocenters. The molecule has 5 heteroatoms. The predicted molar refractivity (Wildman–Crippen MR) is 102 cm³/mol. The van der Waals surface area contributed by atoms with Crippen molar-refractivity contribution in [3.8, 4) is 11.4 Å². The van der Waals surface area contributed by atoms with E-state index in [9.17, 15) is 4.79 Å². The molecule has 3 rings (SSSR count). The normalized spacial score (nSPS) is 10.9. The maximum atomic E-state index is 11.5. The second-order valence-corrected chi connectivity index (χ2v) is 5.73. The van der Waals surface area contributed by atoms with E-state index in [0.29, 0.717) is 5.56 Å². The van der Waals surface area contributed by atoms with Crippen LogP contribution in [0, 0.1) is 6.92 Å². The number of rotatable bonds is 5. The van der Waals surface area contributed by atoms with Crippen molar-refractivity contribution in [1.29, 1.82) is 0 Å². The van der Waals surface area contributed by atoms with E-state index in [1.807, 2.05) is 49.5 Å². The third-order valence-corrected chi connectivity index (χ3v) is 4.07. The highest BCUT2D eigenvalue weighted by molar-refractivity contribution is 5.90. The number of aromatic nitrogens is 1. The molecule has 0 atom stereocenters. The summed E-state index contributed by atoms with van der Waals surface area (Å²) in [5, 5.41) is 0. The molecule has 0 saturated heterocycles. The molecule has 0 aliphatic rings. The quantitative estimate of drug-likeness (QED) is 0.509. The van der Waals surface area contributed by atoms with Crippen molar-refractivity contribution in [2.45, 2.75) is 6.92 Å². The van der Waals surface area contributed by atoms with Crippen LogP contribution in [0.25, 0.3) is 5.69 Å². The Morgan fingerprint density at radius 2 is 1.65 bits per heavy atom. The van der Waals surface area contributed by atoms with Crippen LogP contribution in [0.5, 0.6) is 5.75 Å². The van der Waals surface area contributed by atoms with E-state index in [1.165, 1.54) is 7.11 Å². The van der Waals surface area contributed by atoms with Crippen molar-refractivity contribution >= 4 is 17.9 Å². The lowest BCUT2D eigenvalue weighted by Crippen LogP contribution is -2.01. The van der Waals surface area contributed by atoms with E-state index in [0.717, 1.165) is 28.5 Å². The van der Waals surface area contributed by atoms with E-state index in [2.05, 4.69) is 9.56 Å². The summed E-state index contributed by atoms with van der Waals surface area (Å²) in [5.74, 6) is 0.462. The Kier molecular flexibility index (Phi) is 5.17. The zero-order chi connectivity index (χ0) is 18.5. The van der Waals surface area contributed by atoms with Gasteiger partial charge in [-0.25, -0.2) is 4.79 Å². The van der Waals surface area contributed by atoms with Crippen molar-refractivity contribution < 1.29 is 14.3 Å². The summed E-state index contributed by atoms with van der Waals surface area (Å²) >= 11 is 0. The fourth-order valence-electron chi connectivity index (χ4n) is 2.69. The highest BCUT2D eigenvalue weighted by Gasteiger charge is 2.07. The lowest BCUT2D eigenvalue weighted by molar-refractivity contribution is 0.0601. The molecule has 0 fully saturated rings. The first-order valence-electron chi connectivity index (χ1n) is 8.17. The number of carbonyl (C=O) groups is 1. The number of methoxy groups -OCH3 is 2. The van der Waals surface area contributed by atoms with Crippen LogP contribution in [0.15, 0.2) is 65.7 Å². The van der Waals surface area contributed by atoms with E-state index < -0.39 is 0 Å². The smallest absolute Gasteiger partial charge is 0.337 e. The molecule has 0 aliphatic carbocycles. The average Bonchev–Trinajstić information content (AvgIpc) is 3.06. The van der Waals surface area contributed by atoms with Gasteiger partial charge in [-0.15, -0.1) is 0 Å². The molecule has 0 spiro atoms. The SMILES string of the molecule is COC(=O)c1ccc(N=Cc2ccc(C)n2-c2ccc(OC)cc2)cc1. The summed E-state index contributed by atoms with van der Waals surface area (Å²) in [4.78, 5) is 16.0. The molecular weight excluding hydrogens is 328 g/mol. The molecule has 0 radical (unpaired) electrons. The highest BCUT2D eigenvalue weighted by Crippen LogP contribution is 2.20. The van der Waals surface area contributed by atoms with Crippen LogP contribution in [0.3, 0.4) is 0 Å². The Morgan fingerprint density at radius 3 is 2.27 bits per heavy atom. The Bertz CT molecular complexity index is 923. The molecule has 1 heterocycles. The second kappa shape index (κ2) is 7.70. The minimum Gasteiger partial charge on any atom is -0.497 e. The van der Waals surface area contributed by atoms with E-state index in [-0.39, 0.29) is 5.97 Å². The molecule has 0 saturated carbocycles. The van der Waals surface area contributed by atoms with E-state index in [4.69, 9.17) is 9.47 Å². The Hall–Kier alpha value is -3.34. The third kappa shape index (κ3) is 3.67. The van der Waals surface area contributed by atoms with Gasteiger partial charge in [-0.05, 0) is 67.6 Å². The van der Waals surface area contributed by atoms with Crippen molar-refractivity contribution in [2.24, 2.45) is 4.99 Å². The first kappa shape index (κ1) is 17.5. The first-order chi connectivity index (χ1) is 12.6. The highest BCUT2D eigenvalue weighted by atomic mass is 16.5. The molecule has 0 aliphatic heterocycles. The van der Waals surface area contributed by atoms with Crippen molar-refractivity contribution in [3.63, 3.8) is 0 Å². The maximum Gasteiger partial charge on any atom is 0.337 e. The van der Waals surface area contributed by atoms with Crippen LogP contribution in [0.2, 0.25) is 0 Å². The lowest BCUT2D eigenvalue weighted by atomic mass is 10.2. The number of nitrogens with zero attached hydrogens (tertiary/aromatic N) is 2. The van der Waals surface area contributed by atoms with E-state index >= 15 is 0 Å². The van der Waals surface area contributed by atoms with Gasteiger partial charge in [0.25, 0.3) is 0 Å². The number of benzene rings is 2. The fraction of sp³-hybridized carbons (Fsp3) is 0.143. The Labute approximate surface area is 152 Å².